The number of nitrogens with zero attached hydrogens (tertiary/aromatic N) is 1. The molecule has 1 unspecified atom stereocenters. The fourth-order valence-corrected chi connectivity index (χ4v) is 4.45. The fourth-order valence-electron chi connectivity index (χ4n) is 4.45. The summed E-state index contributed by atoms with van der Waals surface area (Å²) in [4.78, 5) is 15.0. The third-order valence-electron chi connectivity index (χ3n) is 6.11. The van der Waals surface area contributed by atoms with Crippen LogP contribution in [0.1, 0.15) is 63.5 Å². The van der Waals surface area contributed by atoms with E-state index in [9.17, 15) is 9.90 Å². The van der Waals surface area contributed by atoms with Crippen molar-refractivity contribution in [2.24, 2.45) is 11.3 Å². The van der Waals surface area contributed by atoms with Crippen molar-refractivity contribution in [3.8, 4) is 0 Å². The van der Waals surface area contributed by atoms with Crippen LogP contribution in [0, 0.1) is 11.3 Å². The largest absolute Gasteiger partial charge is 0.388 e. The second kappa shape index (κ2) is 7.04. The van der Waals surface area contributed by atoms with Crippen LogP contribution in [0.25, 0.3) is 0 Å². The van der Waals surface area contributed by atoms with Gasteiger partial charge in [-0.1, -0.05) is 50.1 Å². The molecular formula is C20H29NO2. The highest BCUT2D eigenvalue weighted by molar-refractivity contribution is 5.83. The van der Waals surface area contributed by atoms with Gasteiger partial charge in [-0.3, -0.25) is 4.79 Å². The Morgan fingerprint density at radius 3 is 2.39 bits per heavy atom. The first kappa shape index (κ1) is 16.5. The van der Waals surface area contributed by atoms with Gasteiger partial charge >= 0.3 is 0 Å². The second-order valence-electron chi connectivity index (χ2n) is 7.33. The van der Waals surface area contributed by atoms with Crippen LogP contribution in [0.4, 0.5) is 0 Å². The number of benzene rings is 1. The second-order valence-corrected chi connectivity index (χ2v) is 7.33. The SMILES string of the molecule is CCC1(C(=O)N2CCC(C(O)c3ccccc3)CC2)CCCC1. The molecule has 3 heteroatoms. The standard InChI is InChI=1S/C20H29NO2/c1-2-20(12-6-7-13-20)19(23)21-14-10-17(11-15-21)18(22)16-8-4-3-5-9-16/h3-5,8-9,17-18,22H,2,6-7,10-15H2,1H3. The van der Waals surface area contributed by atoms with Gasteiger partial charge in [-0.15, -0.1) is 0 Å². The van der Waals surface area contributed by atoms with E-state index in [-0.39, 0.29) is 11.3 Å². The number of aliphatic hydroxyl groups is 1. The number of amides is 1. The van der Waals surface area contributed by atoms with Gasteiger partial charge in [0.2, 0.25) is 5.91 Å². The van der Waals surface area contributed by atoms with Crippen molar-refractivity contribution in [3.63, 3.8) is 0 Å². The summed E-state index contributed by atoms with van der Waals surface area (Å²) in [5.74, 6) is 0.646. The minimum Gasteiger partial charge on any atom is -0.388 e. The van der Waals surface area contributed by atoms with Crippen molar-refractivity contribution in [1.29, 1.82) is 0 Å². The molecule has 2 fully saturated rings. The summed E-state index contributed by atoms with van der Waals surface area (Å²) >= 11 is 0. The Labute approximate surface area is 139 Å². The molecular weight excluding hydrogens is 286 g/mol. The number of piperidine rings is 1. The molecule has 0 aromatic heterocycles. The topological polar surface area (TPSA) is 40.5 Å². The highest BCUT2D eigenvalue weighted by Gasteiger charge is 2.42. The molecule has 23 heavy (non-hydrogen) atoms. The quantitative estimate of drug-likeness (QED) is 0.914. The van der Waals surface area contributed by atoms with E-state index in [2.05, 4.69) is 11.8 Å². The third-order valence-corrected chi connectivity index (χ3v) is 6.11. The Balaban J connectivity index is 1.59. The monoisotopic (exact) mass is 315 g/mol. The van der Waals surface area contributed by atoms with Crippen LogP contribution in [0.3, 0.4) is 0 Å². The number of hydrogen-bond donors (Lipinski definition) is 1. The van der Waals surface area contributed by atoms with Crippen molar-refractivity contribution < 1.29 is 9.90 Å². The molecule has 1 saturated heterocycles. The van der Waals surface area contributed by atoms with E-state index in [0.29, 0.717) is 5.91 Å². The number of carbonyl (C=O) groups is 1. The number of hydrogen-bond acceptors (Lipinski definition) is 2. The summed E-state index contributed by atoms with van der Waals surface area (Å²) in [5, 5.41) is 10.6. The Bertz CT molecular complexity index is 514. The Morgan fingerprint density at radius 2 is 1.83 bits per heavy atom. The lowest BCUT2D eigenvalue weighted by atomic mass is 9.80. The molecule has 1 aliphatic carbocycles. The van der Waals surface area contributed by atoms with Crippen LogP contribution in [0.2, 0.25) is 0 Å². The molecule has 1 aromatic rings. The minimum absolute atomic E-state index is 0.0785. The van der Waals surface area contributed by atoms with Crippen molar-refractivity contribution >= 4 is 5.91 Å². The van der Waals surface area contributed by atoms with Gasteiger partial charge in [-0.25, -0.2) is 0 Å². The fraction of sp³-hybridized carbons (Fsp3) is 0.650. The zero-order valence-electron chi connectivity index (χ0n) is 14.2. The maximum absolute atomic E-state index is 13.0. The molecule has 3 nitrogen and oxygen atoms in total. The molecule has 1 amide bonds. The van der Waals surface area contributed by atoms with Crippen LogP contribution in [-0.2, 0) is 4.79 Å². The maximum Gasteiger partial charge on any atom is 0.228 e. The van der Waals surface area contributed by atoms with Gasteiger partial charge in [0, 0.05) is 18.5 Å². The van der Waals surface area contributed by atoms with Gasteiger partial charge in [-0.2, -0.15) is 0 Å². The summed E-state index contributed by atoms with van der Waals surface area (Å²) in [7, 11) is 0. The Hall–Kier alpha value is -1.35. The first-order valence-electron chi connectivity index (χ1n) is 9.19. The van der Waals surface area contributed by atoms with Crippen LogP contribution in [0.5, 0.6) is 0 Å². The minimum atomic E-state index is -0.403. The molecule has 1 N–H and O–H groups in total. The molecule has 1 heterocycles. The molecule has 3 rings (SSSR count). The predicted octanol–water partition coefficient (Wildman–Crippen LogP) is 3.93. The smallest absolute Gasteiger partial charge is 0.228 e. The van der Waals surface area contributed by atoms with Crippen LogP contribution < -0.4 is 0 Å². The van der Waals surface area contributed by atoms with Crippen LogP contribution in [0.15, 0.2) is 30.3 Å². The lowest BCUT2D eigenvalue weighted by molar-refractivity contribution is -0.144. The average molecular weight is 315 g/mol. The van der Waals surface area contributed by atoms with Crippen molar-refractivity contribution in [3.05, 3.63) is 35.9 Å². The van der Waals surface area contributed by atoms with E-state index in [1.165, 1.54) is 12.8 Å². The van der Waals surface area contributed by atoms with E-state index in [0.717, 1.165) is 50.8 Å². The number of likely N-dealkylation sites (tertiary alicyclic amines) is 1. The van der Waals surface area contributed by atoms with Crippen molar-refractivity contribution in [1.82, 2.24) is 4.90 Å². The van der Waals surface area contributed by atoms with Gasteiger partial charge in [0.1, 0.15) is 0 Å². The molecule has 0 spiro atoms. The first-order chi connectivity index (χ1) is 11.2. The van der Waals surface area contributed by atoms with E-state index in [4.69, 9.17) is 0 Å². The summed E-state index contributed by atoms with van der Waals surface area (Å²) < 4.78 is 0. The molecule has 2 aliphatic rings. The highest BCUT2D eigenvalue weighted by atomic mass is 16.3. The molecule has 1 atom stereocenters. The van der Waals surface area contributed by atoms with Gasteiger partial charge < -0.3 is 10.0 Å². The molecule has 1 aliphatic heterocycles. The average Bonchev–Trinajstić information content (AvgIpc) is 3.12. The van der Waals surface area contributed by atoms with Crippen molar-refractivity contribution in [2.75, 3.05) is 13.1 Å². The lowest BCUT2D eigenvalue weighted by Gasteiger charge is -2.39. The van der Waals surface area contributed by atoms with Crippen LogP contribution >= 0.6 is 0 Å². The zero-order valence-corrected chi connectivity index (χ0v) is 14.2. The number of aliphatic hydroxyl groups excluding tert-OH is 1. The van der Waals surface area contributed by atoms with Crippen LogP contribution in [-0.4, -0.2) is 29.0 Å². The van der Waals surface area contributed by atoms with Crippen molar-refractivity contribution in [2.45, 2.75) is 58.0 Å². The number of carbonyl (C=O) groups excluding carboxylic acids is 1. The highest BCUT2D eigenvalue weighted by Crippen LogP contribution is 2.43. The Kier molecular flexibility index (Phi) is 5.05. The van der Waals surface area contributed by atoms with E-state index in [1.807, 2.05) is 30.3 Å². The van der Waals surface area contributed by atoms with E-state index in [1.54, 1.807) is 0 Å². The van der Waals surface area contributed by atoms with Gasteiger partial charge in [0.05, 0.1) is 6.10 Å². The van der Waals surface area contributed by atoms with E-state index < -0.39 is 6.10 Å². The van der Waals surface area contributed by atoms with Gasteiger partial charge in [0.25, 0.3) is 0 Å². The summed E-state index contributed by atoms with van der Waals surface area (Å²) in [6, 6.07) is 9.91. The molecule has 1 saturated carbocycles. The summed E-state index contributed by atoms with van der Waals surface area (Å²) in [5.41, 5.74) is 0.920. The summed E-state index contributed by atoms with van der Waals surface area (Å²) in [6.45, 7) is 3.76. The maximum atomic E-state index is 13.0. The normalized spacial score (nSPS) is 23.0. The van der Waals surface area contributed by atoms with E-state index >= 15 is 0 Å². The zero-order chi connectivity index (χ0) is 16.3. The first-order valence-corrected chi connectivity index (χ1v) is 9.19. The molecule has 126 valence electrons. The molecule has 0 radical (unpaired) electrons. The molecule has 0 bridgehead atoms. The summed E-state index contributed by atoms with van der Waals surface area (Å²) in [6.07, 6.45) is 6.90. The number of rotatable bonds is 4. The molecule has 1 aromatic carbocycles. The lowest BCUT2D eigenvalue weighted by Crippen LogP contribution is -2.46. The third kappa shape index (κ3) is 3.30. The predicted molar refractivity (Wildman–Crippen MR) is 91.9 cm³/mol. The van der Waals surface area contributed by atoms with Gasteiger partial charge in [-0.05, 0) is 43.6 Å². The Morgan fingerprint density at radius 1 is 1.22 bits per heavy atom. The van der Waals surface area contributed by atoms with Gasteiger partial charge in [0.15, 0.2) is 0 Å².